The fourth-order valence-corrected chi connectivity index (χ4v) is 1.07. The summed E-state index contributed by atoms with van der Waals surface area (Å²) in [5.74, 6) is -1.92. The summed E-state index contributed by atoms with van der Waals surface area (Å²) in [6, 6.07) is 0. The topological polar surface area (TPSA) is 125 Å². The number of hydrogen-bond acceptors (Lipinski definition) is 7. The summed E-state index contributed by atoms with van der Waals surface area (Å²) in [6.45, 7) is 0.0217. The first kappa shape index (κ1) is 17.5. The quantitative estimate of drug-likeness (QED) is 0.260. The highest BCUT2D eigenvalue weighted by atomic mass is 32.1. The van der Waals surface area contributed by atoms with Gasteiger partial charge in [0, 0.05) is 12.8 Å². The average Bonchev–Trinajstić information content (AvgIpc) is 2.30. The molecule has 0 spiro atoms. The van der Waals surface area contributed by atoms with E-state index in [-0.39, 0.29) is 38.9 Å². The Labute approximate surface area is 114 Å². The number of rotatable bonds is 10. The lowest BCUT2D eigenvalue weighted by Crippen LogP contribution is -2.36. The van der Waals surface area contributed by atoms with Gasteiger partial charge in [-0.3, -0.25) is 14.4 Å². The van der Waals surface area contributed by atoms with Gasteiger partial charge in [-0.05, 0) is 30.2 Å². The van der Waals surface area contributed by atoms with Crippen LogP contribution in [0.5, 0.6) is 0 Å². The lowest BCUT2D eigenvalue weighted by Gasteiger charge is -2.15. The number of ether oxygens (including phenoxy) is 1. The first-order valence-corrected chi connectivity index (χ1v) is 5.80. The van der Waals surface area contributed by atoms with Crippen LogP contribution in [0.15, 0.2) is 0 Å². The second-order valence-electron chi connectivity index (χ2n) is 3.35. The minimum absolute atomic E-state index is 0.0429. The van der Waals surface area contributed by atoms with Crippen molar-refractivity contribution in [3.05, 3.63) is 0 Å². The van der Waals surface area contributed by atoms with Gasteiger partial charge >= 0.3 is 18.0 Å². The summed E-state index contributed by atoms with van der Waals surface area (Å²) < 4.78 is 5.33. The molecule has 0 radical (unpaired) electrons. The summed E-state index contributed by atoms with van der Waals surface area (Å²) in [5, 5.41) is 16.7. The van der Waals surface area contributed by atoms with Crippen LogP contribution in [0, 0.1) is 0 Å². The van der Waals surface area contributed by atoms with Crippen molar-refractivity contribution in [2.45, 2.75) is 25.7 Å². The van der Waals surface area contributed by atoms with Crippen molar-refractivity contribution >= 4 is 30.8 Å². The number of carboxylic acids is 2. The number of hydrazine groups is 1. The predicted molar refractivity (Wildman–Crippen MR) is 65.0 cm³/mol. The van der Waals surface area contributed by atoms with Crippen LogP contribution in [0.25, 0.3) is 0 Å². The van der Waals surface area contributed by atoms with E-state index in [0.29, 0.717) is 4.58 Å². The normalized spacial score (nSPS) is 10.2. The molecule has 110 valence electrons. The van der Waals surface area contributed by atoms with E-state index in [0.717, 1.165) is 0 Å². The Morgan fingerprint density at radius 3 is 2.11 bits per heavy atom. The number of nitrogens with one attached hydrogen (secondary N) is 1. The Hall–Kier alpha value is -1.52. The summed E-state index contributed by atoms with van der Waals surface area (Å²) in [7, 11) is 0. The number of aliphatic carboxylic acids is 2. The van der Waals surface area contributed by atoms with Gasteiger partial charge in [-0.25, -0.2) is 10.2 Å². The minimum Gasteiger partial charge on any atom is -0.481 e. The van der Waals surface area contributed by atoms with Crippen molar-refractivity contribution < 1.29 is 34.2 Å². The molecule has 0 aliphatic carbocycles. The maximum absolute atomic E-state index is 11.1. The molecule has 0 saturated carbocycles. The van der Waals surface area contributed by atoms with Gasteiger partial charge in [0.05, 0.1) is 13.2 Å². The third-order valence-electron chi connectivity index (χ3n) is 1.70. The molecule has 0 atom stereocenters. The molecule has 0 unspecified atom stereocenters. The van der Waals surface area contributed by atoms with Crippen LogP contribution >= 0.6 is 12.8 Å². The molecule has 0 heterocycles. The zero-order chi connectivity index (χ0) is 14.7. The van der Waals surface area contributed by atoms with E-state index in [9.17, 15) is 14.4 Å². The van der Waals surface area contributed by atoms with Crippen molar-refractivity contribution in [1.82, 2.24) is 10.0 Å². The lowest BCUT2D eigenvalue weighted by atomic mass is 10.3. The number of carboxylic acid groups (broad SMARTS) is 2. The van der Waals surface area contributed by atoms with Crippen LogP contribution in [0.4, 0.5) is 4.79 Å². The molecule has 10 heteroatoms. The van der Waals surface area contributed by atoms with Gasteiger partial charge in [0.1, 0.15) is 0 Å². The molecule has 9 nitrogen and oxygen atoms in total. The van der Waals surface area contributed by atoms with Crippen molar-refractivity contribution in [3.63, 3.8) is 0 Å². The zero-order valence-electron chi connectivity index (χ0n) is 10.1. The van der Waals surface area contributed by atoms with E-state index in [2.05, 4.69) is 23.0 Å². The van der Waals surface area contributed by atoms with Gasteiger partial charge in [0.2, 0.25) is 0 Å². The molecular weight excluding hydrogens is 280 g/mol. The molecule has 1 amide bonds. The summed E-state index contributed by atoms with van der Waals surface area (Å²) in [4.78, 5) is 36.3. The average molecular weight is 296 g/mol. The van der Waals surface area contributed by atoms with Crippen LogP contribution in [0.1, 0.15) is 25.7 Å². The molecule has 0 aromatic carbocycles. The monoisotopic (exact) mass is 296 g/mol. The highest BCUT2D eigenvalue weighted by molar-refractivity contribution is 7.77. The van der Waals surface area contributed by atoms with E-state index in [4.69, 9.17) is 15.1 Å². The van der Waals surface area contributed by atoms with Crippen molar-refractivity contribution in [3.8, 4) is 0 Å². The fourth-order valence-electron chi connectivity index (χ4n) is 0.905. The maximum atomic E-state index is 11.1. The first-order valence-electron chi connectivity index (χ1n) is 5.40. The van der Waals surface area contributed by atoms with E-state index < -0.39 is 18.0 Å². The third-order valence-corrected chi connectivity index (χ3v) is 1.92. The Morgan fingerprint density at radius 1 is 1.05 bits per heavy atom. The van der Waals surface area contributed by atoms with Gasteiger partial charge in [-0.15, -0.1) is 0 Å². The molecule has 3 N–H and O–H groups in total. The number of hydrogen-bond donors (Lipinski definition) is 4. The third kappa shape index (κ3) is 12.7. The molecule has 0 bridgehead atoms. The molecule has 0 aliphatic heterocycles. The molecule has 19 heavy (non-hydrogen) atoms. The van der Waals surface area contributed by atoms with Crippen LogP contribution in [-0.4, -0.2) is 46.0 Å². The second-order valence-corrected chi connectivity index (χ2v) is 3.71. The van der Waals surface area contributed by atoms with Gasteiger partial charge in [-0.2, -0.15) is 0 Å². The van der Waals surface area contributed by atoms with Gasteiger partial charge in [0.25, 0.3) is 0 Å². The second kappa shape index (κ2) is 10.4. The molecular formula is C9H16N2O7S. The number of carbonyl (C=O) groups excluding carboxylic acids is 1. The Kier molecular flexibility index (Phi) is 9.57. The fraction of sp³-hybridized carbons (Fsp3) is 0.667. The van der Waals surface area contributed by atoms with Gasteiger partial charge in [0.15, 0.2) is 0 Å². The molecule has 0 fully saturated rings. The highest BCUT2D eigenvalue weighted by Crippen LogP contribution is 1.96. The minimum atomic E-state index is -0.971. The summed E-state index contributed by atoms with van der Waals surface area (Å²) >= 11 is 3.73. The molecule has 0 aromatic rings. The SMILES string of the molecule is O=C(O)CCCOC(=O)NN(S)OCCCC(=O)O. The van der Waals surface area contributed by atoms with Crippen molar-refractivity contribution in [2.75, 3.05) is 13.2 Å². The number of amides is 1. The largest absolute Gasteiger partial charge is 0.481 e. The standard InChI is InChI=1S/C9H16N2O7S/c12-7(13)3-1-5-17-9(16)10-11(19)18-6-2-4-8(14)15/h19H,1-6H2,(H,10,16)(H,12,13)(H,14,15). The first-order chi connectivity index (χ1) is 8.91. The van der Waals surface area contributed by atoms with Crippen LogP contribution in [0.3, 0.4) is 0 Å². The molecule has 0 aliphatic rings. The molecule has 0 aromatic heterocycles. The van der Waals surface area contributed by atoms with Gasteiger partial charge < -0.3 is 14.9 Å². The van der Waals surface area contributed by atoms with E-state index in [1.807, 2.05) is 0 Å². The van der Waals surface area contributed by atoms with Crippen molar-refractivity contribution in [1.29, 1.82) is 0 Å². The number of carbonyl (C=O) groups is 3. The van der Waals surface area contributed by atoms with E-state index >= 15 is 0 Å². The van der Waals surface area contributed by atoms with Crippen LogP contribution in [0.2, 0.25) is 0 Å². The molecule has 0 saturated heterocycles. The van der Waals surface area contributed by atoms with Crippen LogP contribution in [-0.2, 0) is 19.2 Å². The lowest BCUT2D eigenvalue weighted by molar-refractivity contribution is -0.139. The van der Waals surface area contributed by atoms with E-state index in [1.165, 1.54) is 0 Å². The van der Waals surface area contributed by atoms with Gasteiger partial charge in [-0.1, -0.05) is 0 Å². The Bertz CT molecular complexity index is 313. The Morgan fingerprint density at radius 2 is 1.58 bits per heavy atom. The van der Waals surface area contributed by atoms with Crippen molar-refractivity contribution in [2.24, 2.45) is 0 Å². The molecule has 0 rings (SSSR count). The van der Waals surface area contributed by atoms with Crippen LogP contribution < -0.4 is 5.43 Å². The number of thiol groups is 1. The highest BCUT2D eigenvalue weighted by Gasteiger charge is 2.08. The van der Waals surface area contributed by atoms with E-state index in [1.54, 1.807) is 0 Å². The smallest absolute Gasteiger partial charge is 0.424 e. The zero-order valence-corrected chi connectivity index (χ0v) is 11.0. The Balaban J connectivity index is 3.52. The summed E-state index contributed by atoms with van der Waals surface area (Å²) in [5.41, 5.74) is 2.08. The predicted octanol–water partition coefficient (Wildman–Crippen LogP) is 0.436. The number of nitrogens with zero attached hydrogens (tertiary/aromatic N) is 1. The maximum Gasteiger partial charge on any atom is 0.424 e. The summed E-state index contributed by atoms with van der Waals surface area (Å²) in [6.07, 6.45) is -0.528.